The first-order chi connectivity index (χ1) is 17.8. The number of nitrogens with one attached hydrogen (secondary N) is 1. The fourth-order valence-electron chi connectivity index (χ4n) is 4.79. The van der Waals surface area contributed by atoms with E-state index < -0.39 is 11.6 Å². The summed E-state index contributed by atoms with van der Waals surface area (Å²) in [6, 6.07) is 7.91. The Morgan fingerprint density at radius 3 is 2.65 bits per heavy atom. The van der Waals surface area contributed by atoms with Crippen LogP contribution in [0.15, 0.2) is 48.9 Å². The fourth-order valence-corrected chi connectivity index (χ4v) is 4.79. The minimum absolute atomic E-state index is 0.0441. The lowest BCUT2D eigenvalue weighted by Crippen LogP contribution is -2.46. The molecule has 8 nitrogen and oxygen atoms in total. The second-order valence-corrected chi connectivity index (χ2v) is 9.96. The number of anilines is 3. The van der Waals surface area contributed by atoms with E-state index in [-0.39, 0.29) is 30.0 Å². The Labute approximate surface area is 214 Å². The predicted octanol–water partition coefficient (Wildman–Crippen LogP) is 4.91. The highest BCUT2D eigenvalue weighted by molar-refractivity contribution is 5.74. The van der Waals surface area contributed by atoms with Crippen molar-refractivity contribution in [1.29, 1.82) is 0 Å². The molecule has 1 aromatic carbocycles. The first kappa shape index (κ1) is 25.0. The molecule has 3 aromatic heterocycles. The van der Waals surface area contributed by atoms with Gasteiger partial charge in [-0.2, -0.15) is 9.61 Å². The molecule has 4 heterocycles. The Morgan fingerprint density at radius 2 is 1.92 bits per heavy atom. The standard InChI is InChI=1S/C27H31F2N7O/c1-16(2)37-15-18-9-21(28)26(22(29)10-18)23-5-4-20-11-32-27(36(20)34-23)33-24-12-31-7-6-25(24)35-13-17(3)8-19(30)14-35/h4-7,9-12,16-17,19H,8,13-15,30H2,1-3H3,(H,32,33). The summed E-state index contributed by atoms with van der Waals surface area (Å²) in [4.78, 5) is 11.0. The van der Waals surface area contributed by atoms with Crippen molar-refractivity contribution in [3.05, 3.63) is 66.1 Å². The highest BCUT2D eigenvalue weighted by atomic mass is 19.1. The van der Waals surface area contributed by atoms with Crippen molar-refractivity contribution < 1.29 is 13.5 Å². The number of nitrogens with two attached hydrogens (primary N) is 1. The Balaban J connectivity index is 1.46. The molecule has 194 valence electrons. The lowest BCUT2D eigenvalue weighted by molar-refractivity contribution is 0.0654. The van der Waals surface area contributed by atoms with Crippen LogP contribution in [0.2, 0.25) is 0 Å². The van der Waals surface area contributed by atoms with Crippen LogP contribution in [0.5, 0.6) is 0 Å². The Morgan fingerprint density at radius 1 is 1.14 bits per heavy atom. The van der Waals surface area contributed by atoms with Gasteiger partial charge in [-0.05, 0) is 62.1 Å². The van der Waals surface area contributed by atoms with Crippen molar-refractivity contribution in [2.45, 2.75) is 45.9 Å². The van der Waals surface area contributed by atoms with Crippen molar-refractivity contribution in [2.24, 2.45) is 11.7 Å². The molecule has 0 saturated carbocycles. The summed E-state index contributed by atoms with van der Waals surface area (Å²) >= 11 is 0. The maximum Gasteiger partial charge on any atom is 0.229 e. The lowest BCUT2D eigenvalue weighted by atomic mass is 9.96. The molecule has 0 amide bonds. The van der Waals surface area contributed by atoms with Gasteiger partial charge in [0.05, 0.1) is 53.3 Å². The van der Waals surface area contributed by atoms with Crippen LogP contribution < -0.4 is 16.0 Å². The molecule has 10 heteroatoms. The van der Waals surface area contributed by atoms with Gasteiger partial charge in [-0.1, -0.05) is 6.92 Å². The van der Waals surface area contributed by atoms with Crippen molar-refractivity contribution in [3.8, 4) is 11.3 Å². The van der Waals surface area contributed by atoms with Gasteiger partial charge < -0.3 is 20.7 Å². The molecule has 2 atom stereocenters. The number of piperidine rings is 1. The third kappa shape index (κ3) is 5.40. The first-order valence-corrected chi connectivity index (χ1v) is 12.4. The number of nitrogens with zero attached hydrogens (tertiary/aromatic N) is 5. The molecule has 2 unspecified atom stereocenters. The van der Waals surface area contributed by atoms with Crippen LogP contribution in [-0.4, -0.2) is 44.8 Å². The zero-order valence-electron chi connectivity index (χ0n) is 21.2. The van der Waals surface area contributed by atoms with Gasteiger partial charge >= 0.3 is 0 Å². The number of rotatable bonds is 7. The number of benzene rings is 1. The predicted molar refractivity (Wildman–Crippen MR) is 140 cm³/mol. The van der Waals surface area contributed by atoms with Gasteiger partial charge in [0.1, 0.15) is 11.6 Å². The monoisotopic (exact) mass is 507 g/mol. The largest absolute Gasteiger partial charge is 0.374 e. The number of halogens is 2. The zero-order valence-corrected chi connectivity index (χ0v) is 21.2. The quantitative estimate of drug-likeness (QED) is 0.367. The molecule has 0 aliphatic carbocycles. The second-order valence-electron chi connectivity index (χ2n) is 9.96. The number of aromatic nitrogens is 4. The van der Waals surface area contributed by atoms with E-state index in [0.29, 0.717) is 22.9 Å². The van der Waals surface area contributed by atoms with E-state index in [2.05, 4.69) is 32.2 Å². The van der Waals surface area contributed by atoms with Crippen LogP contribution >= 0.6 is 0 Å². The Bertz CT molecular complexity index is 1370. The zero-order chi connectivity index (χ0) is 26.1. The first-order valence-electron chi connectivity index (χ1n) is 12.4. The molecule has 4 aromatic rings. The van der Waals surface area contributed by atoms with E-state index in [9.17, 15) is 0 Å². The van der Waals surface area contributed by atoms with Crippen LogP contribution in [0.1, 0.15) is 32.8 Å². The summed E-state index contributed by atoms with van der Waals surface area (Å²) in [6.45, 7) is 7.68. The Kier molecular flexibility index (Phi) is 7.03. The minimum atomic E-state index is -0.700. The van der Waals surface area contributed by atoms with Crippen molar-refractivity contribution in [3.63, 3.8) is 0 Å². The smallest absolute Gasteiger partial charge is 0.229 e. The molecular formula is C27H31F2N7O. The second kappa shape index (κ2) is 10.4. The van der Waals surface area contributed by atoms with Crippen molar-refractivity contribution in [2.75, 3.05) is 23.3 Å². The summed E-state index contributed by atoms with van der Waals surface area (Å²) in [5.74, 6) is -0.527. The fraction of sp³-hybridized carbons (Fsp3) is 0.370. The maximum atomic E-state index is 15.0. The van der Waals surface area contributed by atoms with Gasteiger partial charge in [-0.25, -0.2) is 13.8 Å². The molecule has 1 aliphatic rings. The molecule has 3 N–H and O–H groups in total. The molecule has 0 radical (unpaired) electrons. The van der Waals surface area contributed by atoms with Gasteiger partial charge in [0, 0.05) is 25.3 Å². The summed E-state index contributed by atoms with van der Waals surface area (Å²) in [5.41, 5.74) is 9.04. The van der Waals surface area contributed by atoms with E-state index >= 15 is 8.78 Å². The molecule has 0 bridgehead atoms. The van der Waals surface area contributed by atoms with Crippen LogP contribution in [0.3, 0.4) is 0 Å². The lowest BCUT2D eigenvalue weighted by Gasteiger charge is -2.37. The maximum absolute atomic E-state index is 15.0. The number of hydrogen-bond acceptors (Lipinski definition) is 7. The third-order valence-corrected chi connectivity index (χ3v) is 6.40. The Hall–Kier alpha value is -3.63. The summed E-state index contributed by atoms with van der Waals surface area (Å²) in [7, 11) is 0. The number of hydrogen-bond donors (Lipinski definition) is 2. The van der Waals surface area contributed by atoms with Gasteiger partial charge in [0.2, 0.25) is 5.95 Å². The highest BCUT2D eigenvalue weighted by Gasteiger charge is 2.24. The van der Waals surface area contributed by atoms with Crippen molar-refractivity contribution >= 4 is 22.8 Å². The van der Waals surface area contributed by atoms with Gasteiger partial charge in [0.15, 0.2) is 0 Å². The summed E-state index contributed by atoms with van der Waals surface area (Å²) in [5, 5.41) is 7.83. The molecule has 1 fully saturated rings. The van der Waals surface area contributed by atoms with E-state index in [1.165, 1.54) is 16.6 Å². The minimum Gasteiger partial charge on any atom is -0.374 e. The van der Waals surface area contributed by atoms with Crippen LogP contribution in [0.25, 0.3) is 16.8 Å². The topological polar surface area (TPSA) is 93.6 Å². The normalized spacial score (nSPS) is 18.1. The summed E-state index contributed by atoms with van der Waals surface area (Å²) in [6.07, 6.45) is 6.06. The van der Waals surface area contributed by atoms with E-state index in [4.69, 9.17) is 10.5 Å². The highest BCUT2D eigenvalue weighted by Crippen LogP contribution is 2.32. The third-order valence-electron chi connectivity index (χ3n) is 6.40. The van der Waals surface area contributed by atoms with Gasteiger partial charge in [-0.3, -0.25) is 4.98 Å². The van der Waals surface area contributed by atoms with Crippen molar-refractivity contribution in [1.82, 2.24) is 19.6 Å². The van der Waals surface area contributed by atoms with E-state index in [1.54, 1.807) is 30.7 Å². The molecule has 37 heavy (non-hydrogen) atoms. The van der Waals surface area contributed by atoms with Crippen LogP contribution in [0, 0.1) is 17.6 Å². The summed E-state index contributed by atoms with van der Waals surface area (Å²) < 4.78 is 37.0. The number of imidazole rings is 1. The van der Waals surface area contributed by atoms with Crippen LogP contribution in [-0.2, 0) is 11.3 Å². The molecule has 0 spiro atoms. The van der Waals surface area contributed by atoms with E-state index in [1.807, 2.05) is 19.9 Å². The molecule has 1 saturated heterocycles. The van der Waals surface area contributed by atoms with E-state index in [0.717, 1.165) is 30.9 Å². The number of ether oxygens (including phenoxy) is 1. The molecule has 5 rings (SSSR count). The molecular weight excluding hydrogens is 476 g/mol. The SMILES string of the molecule is CC1CC(N)CN(c2ccncc2Nc2ncc3ccc(-c4c(F)cc(COC(C)C)cc4F)nn23)C1. The average molecular weight is 508 g/mol. The number of fused-ring (bicyclic) bond motifs is 1. The van der Waals surface area contributed by atoms with Gasteiger partial charge in [0.25, 0.3) is 0 Å². The molecule has 1 aliphatic heterocycles. The number of pyridine rings is 1. The van der Waals surface area contributed by atoms with Crippen LogP contribution in [0.4, 0.5) is 26.1 Å². The van der Waals surface area contributed by atoms with Gasteiger partial charge in [-0.15, -0.1) is 0 Å². The average Bonchev–Trinajstić information content (AvgIpc) is 3.24.